The molecule has 0 radical (unpaired) electrons. The number of Topliss-reactive ketones (excluding diaryl/α,β-unsaturated/α-hetero) is 1. The van der Waals surface area contributed by atoms with Crippen LogP contribution in [-0.2, 0) is 16.1 Å². The predicted molar refractivity (Wildman–Crippen MR) is 116 cm³/mol. The van der Waals surface area contributed by atoms with Crippen LogP contribution in [0.3, 0.4) is 0 Å². The Morgan fingerprint density at radius 1 is 1.03 bits per heavy atom. The summed E-state index contributed by atoms with van der Waals surface area (Å²) in [6, 6.07) is 15.7. The molecule has 1 amide bonds. The second kappa shape index (κ2) is 8.67. The Morgan fingerprint density at radius 3 is 2.43 bits per heavy atom. The topological polar surface area (TPSA) is 75.4 Å². The first kappa shape index (κ1) is 20.1. The largest absolute Gasteiger partial charge is 0.507 e. The number of imidazole rings is 1. The second-order valence-corrected chi connectivity index (χ2v) is 7.98. The Morgan fingerprint density at radius 2 is 1.77 bits per heavy atom. The molecule has 7 heteroatoms. The van der Waals surface area contributed by atoms with Crippen molar-refractivity contribution in [2.75, 3.05) is 6.54 Å². The van der Waals surface area contributed by atoms with Crippen molar-refractivity contribution < 1.29 is 14.7 Å². The molecule has 152 valence electrons. The van der Waals surface area contributed by atoms with Crippen molar-refractivity contribution in [3.05, 3.63) is 94.5 Å². The molecule has 1 saturated heterocycles. The van der Waals surface area contributed by atoms with Gasteiger partial charge in [0.2, 0.25) is 0 Å². The lowest BCUT2D eigenvalue weighted by molar-refractivity contribution is -0.139. The van der Waals surface area contributed by atoms with Gasteiger partial charge >= 0.3 is 0 Å². The highest BCUT2D eigenvalue weighted by Crippen LogP contribution is 2.39. The molecule has 1 unspecified atom stereocenters. The summed E-state index contributed by atoms with van der Waals surface area (Å²) in [5, 5.41) is 11.0. The Labute approximate surface area is 182 Å². The van der Waals surface area contributed by atoms with E-state index in [9.17, 15) is 14.7 Å². The van der Waals surface area contributed by atoms with Crippen molar-refractivity contribution in [1.82, 2.24) is 14.5 Å². The van der Waals surface area contributed by atoms with Gasteiger partial charge in [0.15, 0.2) is 0 Å². The van der Waals surface area contributed by atoms with E-state index in [-0.39, 0.29) is 11.3 Å². The fraction of sp³-hybridized carbons (Fsp3) is 0.174. The fourth-order valence-corrected chi connectivity index (χ4v) is 3.96. The summed E-state index contributed by atoms with van der Waals surface area (Å²) >= 11 is 3.37. The van der Waals surface area contributed by atoms with E-state index >= 15 is 0 Å². The van der Waals surface area contributed by atoms with Crippen LogP contribution in [-0.4, -0.2) is 37.8 Å². The van der Waals surface area contributed by atoms with Crippen LogP contribution in [0, 0.1) is 0 Å². The number of likely N-dealkylation sites (tertiary alicyclic amines) is 1. The molecule has 6 nitrogen and oxygen atoms in total. The first-order valence-electron chi connectivity index (χ1n) is 9.61. The number of rotatable bonds is 6. The van der Waals surface area contributed by atoms with Gasteiger partial charge in [0.05, 0.1) is 17.9 Å². The summed E-state index contributed by atoms with van der Waals surface area (Å²) in [6.45, 7) is 1.07. The third-order valence-electron chi connectivity index (χ3n) is 5.15. The Balaban J connectivity index is 1.71. The molecule has 0 aliphatic carbocycles. The number of aryl methyl sites for hydroxylation is 1. The molecule has 30 heavy (non-hydrogen) atoms. The van der Waals surface area contributed by atoms with E-state index in [1.807, 2.05) is 41.1 Å². The van der Waals surface area contributed by atoms with E-state index in [1.54, 1.807) is 41.7 Å². The number of aliphatic hydroxyl groups excluding tert-OH is 1. The van der Waals surface area contributed by atoms with Crippen molar-refractivity contribution >= 4 is 33.4 Å². The lowest BCUT2D eigenvalue weighted by Crippen LogP contribution is -2.31. The molecular formula is C23H20BrN3O3. The van der Waals surface area contributed by atoms with Gasteiger partial charge in [-0.3, -0.25) is 9.59 Å². The van der Waals surface area contributed by atoms with Gasteiger partial charge in [0.25, 0.3) is 11.7 Å². The summed E-state index contributed by atoms with van der Waals surface area (Å²) in [4.78, 5) is 31.4. The van der Waals surface area contributed by atoms with Crippen LogP contribution in [0.1, 0.15) is 23.6 Å². The molecule has 1 fully saturated rings. The molecule has 0 spiro atoms. The number of ketones is 1. The van der Waals surface area contributed by atoms with E-state index < -0.39 is 17.7 Å². The van der Waals surface area contributed by atoms with E-state index in [0.29, 0.717) is 25.1 Å². The maximum absolute atomic E-state index is 12.9. The van der Waals surface area contributed by atoms with Gasteiger partial charge < -0.3 is 14.6 Å². The molecule has 4 rings (SSSR count). The number of nitrogens with zero attached hydrogens (tertiary/aromatic N) is 3. The number of aliphatic hydroxyl groups is 1. The van der Waals surface area contributed by atoms with Gasteiger partial charge in [0.1, 0.15) is 5.76 Å². The third kappa shape index (κ3) is 3.93. The first-order valence-corrected chi connectivity index (χ1v) is 10.4. The van der Waals surface area contributed by atoms with Crippen LogP contribution in [0.5, 0.6) is 0 Å². The number of aromatic nitrogens is 2. The van der Waals surface area contributed by atoms with Crippen molar-refractivity contribution in [3.8, 4) is 0 Å². The summed E-state index contributed by atoms with van der Waals surface area (Å²) in [5.74, 6) is -1.41. The van der Waals surface area contributed by atoms with Crippen LogP contribution in [0.15, 0.2) is 83.4 Å². The molecule has 1 aliphatic heterocycles. The summed E-state index contributed by atoms with van der Waals surface area (Å²) in [6.07, 6.45) is 5.94. The van der Waals surface area contributed by atoms with Gasteiger partial charge in [-0.15, -0.1) is 0 Å². The lowest BCUT2D eigenvalue weighted by atomic mass is 9.95. The zero-order valence-electron chi connectivity index (χ0n) is 16.1. The van der Waals surface area contributed by atoms with Gasteiger partial charge in [0, 0.05) is 35.5 Å². The van der Waals surface area contributed by atoms with E-state index in [2.05, 4.69) is 20.9 Å². The number of hydrogen-bond donors (Lipinski definition) is 1. The minimum atomic E-state index is -0.660. The van der Waals surface area contributed by atoms with Crippen LogP contribution >= 0.6 is 15.9 Å². The van der Waals surface area contributed by atoms with E-state index in [4.69, 9.17) is 0 Å². The zero-order valence-corrected chi connectivity index (χ0v) is 17.7. The molecule has 0 bridgehead atoms. The summed E-state index contributed by atoms with van der Waals surface area (Å²) < 4.78 is 2.79. The van der Waals surface area contributed by atoms with E-state index in [1.165, 1.54) is 0 Å². The predicted octanol–water partition coefficient (Wildman–Crippen LogP) is 4.16. The summed E-state index contributed by atoms with van der Waals surface area (Å²) in [5.41, 5.74) is 1.41. The number of amides is 1. The smallest absolute Gasteiger partial charge is 0.295 e. The maximum Gasteiger partial charge on any atom is 0.295 e. The normalized spacial score (nSPS) is 18.2. The van der Waals surface area contributed by atoms with Crippen molar-refractivity contribution in [3.63, 3.8) is 0 Å². The van der Waals surface area contributed by atoms with Gasteiger partial charge in [-0.05, 0) is 24.1 Å². The Bertz CT molecular complexity index is 1080. The quantitative estimate of drug-likeness (QED) is 0.337. The van der Waals surface area contributed by atoms with Gasteiger partial charge in [-0.2, -0.15) is 0 Å². The number of benzene rings is 2. The first-order chi connectivity index (χ1) is 14.6. The summed E-state index contributed by atoms with van der Waals surface area (Å²) in [7, 11) is 0. The third-order valence-corrected chi connectivity index (χ3v) is 5.68. The van der Waals surface area contributed by atoms with Crippen LogP contribution in [0.4, 0.5) is 0 Å². The second-order valence-electron chi connectivity index (χ2n) is 7.06. The SMILES string of the molecule is O=C1C(=O)N(CCCn2ccnc2)C(c2ccccc2)/C1=C(\O)c1ccc(Br)cc1. The molecular weight excluding hydrogens is 446 g/mol. The monoisotopic (exact) mass is 465 g/mol. The fourth-order valence-electron chi connectivity index (χ4n) is 3.70. The van der Waals surface area contributed by atoms with Crippen LogP contribution in [0.25, 0.3) is 5.76 Å². The van der Waals surface area contributed by atoms with Crippen molar-refractivity contribution in [2.24, 2.45) is 0 Å². The molecule has 2 aromatic carbocycles. The van der Waals surface area contributed by atoms with Crippen molar-refractivity contribution in [2.45, 2.75) is 19.0 Å². The molecule has 1 N–H and O–H groups in total. The van der Waals surface area contributed by atoms with Crippen LogP contribution in [0.2, 0.25) is 0 Å². The molecule has 3 aromatic rings. The van der Waals surface area contributed by atoms with E-state index in [0.717, 1.165) is 10.0 Å². The minimum Gasteiger partial charge on any atom is -0.507 e. The van der Waals surface area contributed by atoms with Gasteiger partial charge in [-0.1, -0.05) is 58.4 Å². The Kier molecular flexibility index (Phi) is 5.81. The highest BCUT2D eigenvalue weighted by Gasteiger charge is 2.45. The van der Waals surface area contributed by atoms with Crippen LogP contribution < -0.4 is 0 Å². The minimum absolute atomic E-state index is 0.121. The molecule has 1 atom stereocenters. The number of hydrogen-bond acceptors (Lipinski definition) is 4. The molecule has 2 heterocycles. The average Bonchev–Trinajstić information content (AvgIpc) is 3.37. The number of carbonyl (C=O) groups excluding carboxylic acids is 2. The van der Waals surface area contributed by atoms with Crippen molar-refractivity contribution in [1.29, 1.82) is 0 Å². The van der Waals surface area contributed by atoms with Gasteiger partial charge in [-0.25, -0.2) is 4.98 Å². The average molecular weight is 466 g/mol. The molecule has 1 aliphatic rings. The lowest BCUT2D eigenvalue weighted by Gasteiger charge is -2.25. The maximum atomic E-state index is 12.9. The number of halogens is 1. The molecule has 1 aromatic heterocycles. The highest BCUT2D eigenvalue weighted by molar-refractivity contribution is 9.10. The number of carbonyl (C=O) groups is 2. The Hall–Kier alpha value is -3.19. The molecule has 0 saturated carbocycles. The zero-order chi connectivity index (χ0) is 21.1. The highest BCUT2D eigenvalue weighted by atomic mass is 79.9. The standard InChI is InChI=1S/C23H20BrN3O3/c24-18-9-7-17(8-10-18)21(28)19-20(16-5-2-1-3-6-16)27(23(30)22(19)29)13-4-12-26-14-11-25-15-26/h1-3,5-11,14-15,20,28H,4,12-13H2/b21-19+.